The molecule has 0 amide bonds. The van der Waals surface area contributed by atoms with Crippen LogP contribution in [0.3, 0.4) is 0 Å². The van der Waals surface area contributed by atoms with E-state index >= 15 is 0 Å². The van der Waals surface area contributed by atoms with Gasteiger partial charge in [0.05, 0.1) is 28.8 Å². The molecule has 81 valence electrons. The Kier molecular flexibility index (Phi) is 2.34. The van der Waals surface area contributed by atoms with E-state index in [4.69, 9.17) is 0 Å². The minimum Gasteiger partial charge on any atom is -0.275 e. The summed E-state index contributed by atoms with van der Waals surface area (Å²) < 4.78 is 0. The number of rotatable bonds is 2. The molecule has 0 bridgehead atoms. The van der Waals surface area contributed by atoms with Gasteiger partial charge in [-0.1, -0.05) is 6.07 Å². The van der Waals surface area contributed by atoms with E-state index < -0.39 is 0 Å². The molecule has 0 unspecified atom stereocenters. The van der Waals surface area contributed by atoms with Gasteiger partial charge < -0.3 is 0 Å². The van der Waals surface area contributed by atoms with Crippen LogP contribution in [0.2, 0.25) is 0 Å². The maximum absolute atomic E-state index is 4.27. The lowest BCUT2D eigenvalue weighted by Crippen LogP contribution is -1.88. The van der Waals surface area contributed by atoms with Gasteiger partial charge in [0.2, 0.25) is 0 Å². The molecule has 3 rings (SSSR count). The monoisotopic (exact) mass is 222 g/mol. The van der Waals surface area contributed by atoms with Crippen LogP contribution in [0.1, 0.15) is 0 Å². The first kappa shape index (κ1) is 9.65. The van der Waals surface area contributed by atoms with Gasteiger partial charge in [0, 0.05) is 18.6 Å². The van der Waals surface area contributed by atoms with Gasteiger partial charge >= 0.3 is 0 Å². The smallest absolute Gasteiger partial charge is 0.123 e. The highest BCUT2D eigenvalue weighted by Crippen LogP contribution is 2.25. The fraction of sp³-hybridized carbons (Fsp3) is 0. The zero-order chi connectivity index (χ0) is 11.5. The van der Waals surface area contributed by atoms with Gasteiger partial charge in [0.1, 0.15) is 6.20 Å². The molecule has 0 atom stereocenters. The molecular formula is C12H8N5. The molecule has 0 aromatic carbocycles. The minimum absolute atomic E-state index is 0.724. The predicted molar refractivity (Wildman–Crippen MR) is 61.7 cm³/mol. The van der Waals surface area contributed by atoms with Crippen molar-refractivity contribution in [1.29, 1.82) is 0 Å². The van der Waals surface area contributed by atoms with Crippen LogP contribution < -0.4 is 0 Å². The summed E-state index contributed by atoms with van der Waals surface area (Å²) in [6, 6.07) is 5.69. The summed E-state index contributed by atoms with van der Waals surface area (Å²) in [6.45, 7) is 0. The number of nitrogens with one attached hydrogen (secondary N) is 1. The SMILES string of the molecule is [c]1n[nH]c(-c2ccccn2)c1-c1cnccn1. The first-order valence-corrected chi connectivity index (χ1v) is 5.09. The minimum atomic E-state index is 0.724. The molecule has 0 aliphatic heterocycles. The lowest BCUT2D eigenvalue weighted by atomic mass is 10.1. The Balaban J connectivity index is 2.13. The lowest BCUT2D eigenvalue weighted by molar-refractivity contribution is 1.08. The zero-order valence-corrected chi connectivity index (χ0v) is 8.83. The Morgan fingerprint density at radius 2 is 1.94 bits per heavy atom. The number of pyridine rings is 1. The van der Waals surface area contributed by atoms with Crippen molar-refractivity contribution in [3.05, 3.63) is 49.2 Å². The van der Waals surface area contributed by atoms with Gasteiger partial charge in [-0.05, 0) is 12.1 Å². The van der Waals surface area contributed by atoms with Crippen molar-refractivity contribution in [2.24, 2.45) is 0 Å². The van der Waals surface area contributed by atoms with Crippen LogP contribution >= 0.6 is 0 Å². The standard InChI is InChI=1S/C12H8N5/c1-2-4-14-10(3-1)12-9(7-16-17-12)11-8-13-5-6-15-11/h1-6,8H,(H,16,17). The summed E-state index contributed by atoms with van der Waals surface area (Å²) in [5.41, 5.74) is 3.10. The molecule has 5 heteroatoms. The molecule has 17 heavy (non-hydrogen) atoms. The fourth-order valence-electron chi connectivity index (χ4n) is 1.56. The molecule has 0 saturated carbocycles. The summed E-state index contributed by atoms with van der Waals surface area (Å²) in [7, 11) is 0. The van der Waals surface area contributed by atoms with Crippen LogP contribution in [-0.2, 0) is 0 Å². The molecule has 0 spiro atoms. The van der Waals surface area contributed by atoms with Gasteiger partial charge in [0.25, 0.3) is 0 Å². The van der Waals surface area contributed by atoms with Gasteiger partial charge in [-0.25, -0.2) is 0 Å². The second-order valence-corrected chi connectivity index (χ2v) is 3.39. The summed E-state index contributed by atoms with van der Waals surface area (Å²) in [5, 5.41) is 6.80. The van der Waals surface area contributed by atoms with E-state index in [1.165, 1.54) is 0 Å². The van der Waals surface area contributed by atoms with Crippen LogP contribution in [0, 0.1) is 6.20 Å². The van der Waals surface area contributed by atoms with Crippen molar-refractivity contribution in [3.8, 4) is 22.6 Å². The molecule has 0 fully saturated rings. The predicted octanol–water partition coefficient (Wildman–Crippen LogP) is 1.73. The third kappa shape index (κ3) is 1.78. The molecule has 3 aromatic heterocycles. The van der Waals surface area contributed by atoms with Gasteiger partial charge in [-0.3, -0.25) is 20.1 Å². The molecule has 3 heterocycles. The zero-order valence-electron chi connectivity index (χ0n) is 8.83. The number of hydrogen-bond donors (Lipinski definition) is 1. The fourth-order valence-corrected chi connectivity index (χ4v) is 1.56. The second kappa shape index (κ2) is 4.13. The van der Waals surface area contributed by atoms with E-state index in [0.29, 0.717) is 0 Å². The normalized spacial score (nSPS) is 10.4. The number of H-pyrrole nitrogens is 1. The number of aromatic nitrogens is 5. The van der Waals surface area contributed by atoms with Crippen molar-refractivity contribution in [2.45, 2.75) is 0 Å². The van der Waals surface area contributed by atoms with Crippen LogP contribution in [0.25, 0.3) is 22.6 Å². The van der Waals surface area contributed by atoms with Crippen LogP contribution in [0.15, 0.2) is 43.0 Å². The summed E-state index contributed by atoms with van der Waals surface area (Å²) in [4.78, 5) is 12.5. The van der Waals surface area contributed by atoms with E-state index in [-0.39, 0.29) is 0 Å². The van der Waals surface area contributed by atoms with Gasteiger partial charge in [-0.15, -0.1) is 0 Å². The molecule has 1 N–H and O–H groups in total. The lowest BCUT2D eigenvalue weighted by Gasteiger charge is -2.00. The van der Waals surface area contributed by atoms with Crippen LogP contribution in [0.5, 0.6) is 0 Å². The topological polar surface area (TPSA) is 67.3 Å². The van der Waals surface area contributed by atoms with Gasteiger partial charge in [0.15, 0.2) is 0 Å². The van der Waals surface area contributed by atoms with Crippen molar-refractivity contribution >= 4 is 0 Å². The number of hydrogen-bond acceptors (Lipinski definition) is 4. The highest BCUT2D eigenvalue weighted by atomic mass is 15.1. The Morgan fingerprint density at radius 1 is 1.00 bits per heavy atom. The Labute approximate surface area is 97.6 Å². The highest BCUT2D eigenvalue weighted by Gasteiger charge is 2.11. The Bertz CT molecular complexity index is 549. The summed E-state index contributed by atoms with van der Waals surface area (Å²) in [5.74, 6) is 0. The maximum atomic E-state index is 4.27. The van der Waals surface area contributed by atoms with Crippen molar-refractivity contribution < 1.29 is 0 Å². The third-order valence-corrected chi connectivity index (χ3v) is 2.33. The van der Waals surface area contributed by atoms with Crippen LogP contribution in [0.4, 0.5) is 0 Å². The quantitative estimate of drug-likeness (QED) is 0.717. The average molecular weight is 222 g/mol. The molecule has 1 radical (unpaired) electrons. The number of nitrogens with zero attached hydrogens (tertiary/aromatic N) is 4. The molecule has 3 aromatic rings. The largest absolute Gasteiger partial charge is 0.275 e. The number of aromatic amines is 1. The highest BCUT2D eigenvalue weighted by molar-refractivity contribution is 5.75. The second-order valence-electron chi connectivity index (χ2n) is 3.39. The summed E-state index contributed by atoms with van der Waals surface area (Å²) in [6.07, 6.45) is 9.55. The van der Waals surface area contributed by atoms with E-state index in [1.54, 1.807) is 24.8 Å². The Morgan fingerprint density at radius 3 is 2.71 bits per heavy atom. The molecule has 0 saturated heterocycles. The van der Waals surface area contributed by atoms with Crippen molar-refractivity contribution in [1.82, 2.24) is 25.1 Å². The first-order valence-electron chi connectivity index (χ1n) is 5.09. The molecule has 0 aliphatic rings. The van der Waals surface area contributed by atoms with E-state index in [1.807, 2.05) is 18.2 Å². The first-order chi connectivity index (χ1) is 8.45. The van der Waals surface area contributed by atoms with Crippen molar-refractivity contribution in [2.75, 3.05) is 0 Å². The van der Waals surface area contributed by atoms with E-state index in [0.717, 1.165) is 22.6 Å². The van der Waals surface area contributed by atoms with E-state index in [2.05, 4.69) is 31.3 Å². The molecule has 0 aliphatic carbocycles. The maximum Gasteiger partial charge on any atom is 0.123 e. The third-order valence-electron chi connectivity index (χ3n) is 2.33. The van der Waals surface area contributed by atoms with E-state index in [9.17, 15) is 0 Å². The van der Waals surface area contributed by atoms with Crippen LogP contribution in [-0.4, -0.2) is 25.1 Å². The average Bonchev–Trinajstić information content (AvgIpc) is 2.90. The molecular weight excluding hydrogens is 214 g/mol. The van der Waals surface area contributed by atoms with Crippen molar-refractivity contribution in [3.63, 3.8) is 0 Å². The van der Waals surface area contributed by atoms with Gasteiger partial charge in [-0.2, -0.15) is 5.10 Å². The Hall–Kier alpha value is -2.56. The molecule has 5 nitrogen and oxygen atoms in total. The summed E-state index contributed by atoms with van der Waals surface area (Å²) >= 11 is 0.